The van der Waals surface area contributed by atoms with E-state index in [4.69, 9.17) is 0 Å². The summed E-state index contributed by atoms with van der Waals surface area (Å²) in [5.41, 5.74) is 2.13. The fourth-order valence-corrected chi connectivity index (χ4v) is 1.24. The molecule has 0 saturated heterocycles. The zero-order valence-electron chi connectivity index (χ0n) is 8.01. The van der Waals surface area contributed by atoms with Crippen molar-refractivity contribution in [1.29, 1.82) is 0 Å². The van der Waals surface area contributed by atoms with Crippen LogP contribution in [0, 0.1) is 0 Å². The van der Waals surface area contributed by atoms with Crippen LogP contribution in [0.3, 0.4) is 0 Å². The molecule has 0 unspecified atom stereocenters. The summed E-state index contributed by atoms with van der Waals surface area (Å²) in [5.74, 6) is 0.753. The van der Waals surface area contributed by atoms with Crippen molar-refractivity contribution in [2.45, 2.75) is 0 Å². The molecule has 70 valence electrons. The van der Waals surface area contributed by atoms with Crippen LogP contribution in [0.1, 0.15) is 5.56 Å². The van der Waals surface area contributed by atoms with E-state index in [0.29, 0.717) is 0 Å². The molecule has 0 aliphatic carbocycles. The average molecular weight is 185 g/mol. The predicted octanol–water partition coefficient (Wildman–Crippen LogP) is 2.13. The van der Waals surface area contributed by atoms with Gasteiger partial charge in [0.1, 0.15) is 6.33 Å². The summed E-state index contributed by atoms with van der Waals surface area (Å²) in [7, 11) is 1.86. The second kappa shape index (κ2) is 3.46. The Morgan fingerprint density at radius 1 is 1.29 bits per heavy atom. The Hall–Kier alpha value is -1.90. The molecular weight excluding hydrogens is 174 g/mol. The molecule has 0 atom stereocenters. The van der Waals surface area contributed by atoms with E-state index in [0.717, 1.165) is 17.0 Å². The smallest absolute Gasteiger partial charge is 0.181 e. The summed E-state index contributed by atoms with van der Waals surface area (Å²) in [4.78, 5) is 4.17. The average Bonchev–Trinajstić information content (AvgIpc) is 2.65. The van der Waals surface area contributed by atoms with Crippen molar-refractivity contribution in [3.63, 3.8) is 0 Å². The van der Waals surface area contributed by atoms with E-state index >= 15 is 0 Å². The van der Waals surface area contributed by atoms with Gasteiger partial charge in [-0.25, -0.2) is 4.98 Å². The first kappa shape index (κ1) is 8.69. The maximum absolute atomic E-state index is 4.22. The van der Waals surface area contributed by atoms with Gasteiger partial charge in [0, 0.05) is 12.6 Å². The lowest BCUT2D eigenvalue weighted by Gasteiger charge is -1.95. The first-order valence-corrected chi connectivity index (χ1v) is 4.38. The van der Waals surface area contributed by atoms with Gasteiger partial charge in [0.05, 0.1) is 0 Å². The highest BCUT2D eigenvalue weighted by molar-refractivity contribution is 5.58. The second-order valence-corrected chi connectivity index (χ2v) is 3.07. The van der Waals surface area contributed by atoms with Crippen LogP contribution < -0.4 is 0 Å². The highest BCUT2D eigenvalue weighted by atomic mass is 15.3. The highest BCUT2D eigenvalue weighted by Crippen LogP contribution is 2.15. The number of rotatable bonds is 2. The Bertz CT molecular complexity index is 440. The third kappa shape index (κ3) is 1.57. The predicted molar refractivity (Wildman–Crippen MR) is 56.5 cm³/mol. The minimum absolute atomic E-state index is 0.753. The zero-order valence-corrected chi connectivity index (χ0v) is 8.01. The lowest BCUT2D eigenvalue weighted by molar-refractivity contribution is 0.768. The van der Waals surface area contributed by atoms with Gasteiger partial charge in [0.2, 0.25) is 0 Å². The van der Waals surface area contributed by atoms with E-state index in [9.17, 15) is 0 Å². The first-order valence-electron chi connectivity index (χ1n) is 4.38. The molecule has 0 N–H and O–H groups in total. The minimum atomic E-state index is 0.753. The SMILES string of the molecule is C=Cc1ccc(-c2ncn(C)n2)cc1. The number of hydrogen-bond donors (Lipinski definition) is 0. The quantitative estimate of drug-likeness (QED) is 0.717. The van der Waals surface area contributed by atoms with Gasteiger partial charge in [-0.2, -0.15) is 5.10 Å². The van der Waals surface area contributed by atoms with Crippen molar-refractivity contribution in [3.05, 3.63) is 42.7 Å². The molecule has 3 heteroatoms. The molecule has 0 amide bonds. The molecule has 3 nitrogen and oxygen atoms in total. The number of benzene rings is 1. The summed E-state index contributed by atoms with van der Waals surface area (Å²) in [6, 6.07) is 7.98. The number of nitrogens with zero attached hydrogens (tertiary/aromatic N) is 3. The van der Waals surface area contributed by atoms with Gasteiger partial charge >= 0.3 is 0 Å². The zero-order chi connectivity index (χ0) is 9.97. The topological polar surface area (TPSA) is 30.7 Å². The standard InChI is InChI=1S/C11H11N3/c1-3-9-4-6-10(7-5-9)11-12-8-14(2)13-11/h3-8H,1H2,2H3. The normalized spacial score (nSPS) is 10.1. The Labute approximate surface area is 82.7 Å². The first-order chi connectivity index (χ1) is 6.79. The van der Waals surface area contributed by atoms with E-state index in [2.05, 4.69) is 16.7 Å². The van der Waals surface area contributed by atoms with Crippen LogP contribution in [0.5, 0.6) is 0 Å². The van der Waals surface area contributed by atoms with Gasteiger partial charge in [-0.3, -0.25) is 4.68 Å². The van der Waals surface area contributed by atoms with E-state index in [1.165, 1.54) is 0 Å². The lowest BCUT2D eigenvalue weighted by atomic mass is 10.1. The van der Waals surface area contributed by atoms with Crippen molar-refractivity contribution >= 4 is 6.08 Å². The maximum Gasteiger partial charge on any atom is 0.181 e. The molecule has 2 rings (SSSR count). The van der Waals surface area contributed by atoms with Crippen molar-refractivity contribution in [3.8, 4) is 11.4 Å². The molecule has 0 radical (unpaired) electrons. The molecule has 0 spiro atoms. The number of hydrogen-bond acceptors (Lipinski definition) is 2. The third-order valence-electron chi connectivity index (χ3n) is 2.00. The summed E-state index contributed by atoms with van der Waals surface area (Å²) in [6.07, 6.45) is 3.51. The molecule has 14 heavy (non-hydrogen) atoms. The molecule has 1 aromatic heterocycles. The summed E-state index contributed by atoms with van der Waals surface area (Å²) < 4.78 is 1.69. The second-order valence-electron chi connectivity index (χ2n) is 3.07. The third-order valence-corrected chi connectivity index (χ3v) is 2.00. The number of aromatic nitrogens is 3. The van der Waals surface area contributed by atoms with Gasteiger partial charge in [-0.05, 0) is 5.56 Å². The molecular formula is C11H11N3. The van der Waals surface area contributed by atoms with Crippen LogP contribution in [-0.4, -0.2) is 14.8 Å². The molecule has 0 fully saturated rings. The van der Waals surface area contributed by atoms with E-state index in [1.54, 1.807) is 11.0 Å². The summed E-state index contributed by atoms with van der Waals surface area (Å²) >= 11 is 0. The fourth-order valence-electron chi connectivity index (χ4n) is 1.24. The number of aryl methyl sites for hydroxylation is 1. The minimum Gasteiger partial charge on any atom is -0.255 e. The monoisotopic (exact) mass is 185 g/mol. The molecule has 1 heterocycles. The Balaban J connectivity index is 2.38. The molecule has 2 aromatic rings. The lowest BCUT2D eigenvalue weighted by Crippen LogP contribution is -1.87. The Morgan fingerprint density at radius 3 is 2.50 bits per heavy atom. The van der Waals surface area contributed by atoms with Gasteiger partial charge in [-0.15, -0.1) is 0 Å². The van der Waals surface area contributed by atoms with Gasteiger partial charge in [-0.1, -0.05) is 36.9 Å². The van der Waals surface area contributed by atoms with Crippen LogP contribution in [0.15, 0.2) is 37.2 Å². The highest BCUT2D eigenvalue weighted by Gasteiger charge is 2.01. The van der Waals surface area contributed by atoms with Crippen molar-refractivity contribution in [2.24, 2.45) is 7.05 Å². The molecule has 1 aromatic carbocycles. The van der Waals surface area contributed by atoms with Crippen molar-refractivity contribution < 1.29 is 0 Å². The van der Waals surface area contributed by atoms with Crippen molar-refractivity contribution in [1.82, 2.24) is 14.8 Å². The summed E-state index contributed by atoms with van der Waals surface area (Å²) in [6.45, 7) is 3.70. The van der Waals surface area contributed by atoms with Gasteiger partial charge in [0.15, 0.2) is 5.82 Å². The van der Waals surface area contributed by atoms with E-state index in [1.807, 2.05) is 37.4 Å². The van der Waals surface area contributed by atoms with E-state index < -0.39 is 0 Å². The fraction of sp³-hybridized carbons (Fsp3) is 0.0909. The van der Waals surface area contributed by atoms with Crippen LogP contribution >= 0.6 is 0 Å². The Morgan fingerprint density at radius 2 is 2.00 bits per heavy atom. The Kier molecular flexibility index (Phi) is 2.14. The van der Waals surface area contributed by atoms with Crippen LogP contribution in [0.25, 0.3) is 17.5 Å². The largest absolute Gasteiger partial charge is 0.255 e. The van der Waals surface area contributed by atoms with Crippen molar-refractivity contribution in [2.75, 3.05) is 0 Å². The molecule has 0 aliphatic rings. The van der Waals surface area contributed by atoms with Gasteiger partial charge in [0.25, 0.3) is 0 Å². The molecule has 0 saturated carbocycles. The van der Waals surface area contributed by atoms with Crippen LogP contribution in [0.4, 0.5) is 0 Å². The molecule has 0 bridgehead atoms. The molecule has 0 aliphatic heterocycles. The van der Waals surface area contributed by atoms with E-state index in [-0.39, 0.29) is 0 Å². The van der Waals surface area contributed by atoms with Gasteiger partial charge < -0.3 is 0 Å². The summed E-state index contributed by atoms with van der Waals surface area (Å²) in [5, 5.41) is 4.22. The van der Waals surface area contributed by atoms with Crippen LogP contribution in [-0.2, 0) is 7.05 Å². The van der Waals surface area contributed by atoms with Crippen LogP contribution in [0.2, 0.25) is 0 Å². The maximum atomic E-state index is 4.22.